The van der Waals surface area contributed by atoms with Crippen LogP contribution in [0.4, 0.5) is 5.69 Å². The molecule has 0 saturated heterocycles. The first-order chi connectivity index (χ1) is 12.6. The van der Waals surface area contributed by atoms with Crippen molar-refractivity contribution in [1.29, 1.82) is 0 Å². The van der Waals surface area contributed by atoms with Gasteiger partial charge in [-0.3, -0.25) is 4.79 Å². The summed E-state index contributed by atoms with van der Waals surface area (Å²) >= 11 is 0. The van der Waals surface area contributed by atoms with Crippen molar-refractivity contribution in [1.82, 2.24) is 0 Å². The highest BCUT2D eigenvalue weighted by molar-refractivity contribution is 6.06. The van der Waals surface area contributed by atoms with Crippen molar-refractivity contribution < 1.29 is 14.3 Å². The summed E-state index contributed by atoms with van der Waals surface area (Å²) in [4.78, 5) is 13.0. The van der Waals surface area contributed by atoms with Gasteiger partial charge in [-0.1, -0.05) is 50.5 Å². The molecular weight excluding hydrogens is 326 g/mol. The van der Waals surface area contributed by atoms with Crippen LogP contribution in [-0.4, -0.2) is 24.7 Å². The highest BCUT2D eigenvalue weighted by Gasteiger charge is 2.39. The van der Waals surface area contributed by atoms with Crippen LogP contribution in [-0.2, 0) is 9.53 Å². The molecule has 0 radical (unpaired) electrons. The Labute approximate surface area is 155 Å². The Kier molecular flexibility index (Phi) is 5.82. The SMILES string of the molecule is CC[C@@H](C)Oc1ccc(NC(=O)C2(OC)CCCCC2)c2ccccc12. The van der Waals surface area contributed by atoms with Crippen molar-refractivity contribution in [3.8, 4) is 5.75 Å². The van der Waals surface area contributed by atoms with Gasteiger partial charge in [0.15, 0.2) is 0 Å². The minimum absolute atomic E-state index is 0.0413. The van der Waals surface area contributed by atoms with Crippen LogP contribution in [0.5, 0.6) is 5.75 Å². The van der Waals surface area contributed by atoms with Crippen LogP contribution < -0.4 is 10.1 Å². The molecular formula is C22H29NO3. The van der Waals surface area contributed by atoms with E-state index in [0.717, 1.165) is 54.3 Å². The standard InChI is InChI=1S/C22H29NO3/c1-4-16(2)26-20-13-12-19(17-10-6-7-11-18(17)20)23-21(24)22(25-3)14-8-5-9-15-22/h6-7,10-13,16H,4-5,8-9,14-15H2,1-3H3,(H,23,24)/t16-/m1/s1. The van der Waals surface area contributed by atoms with E-state index in [4.69, 9.17) is 9.47 Å². The molecule has 0 bridgehead atoms. The van der Waals surface area contributed by atoms with Gasteiger partial charge in [0.05, 0.1) is 6.10 Å². The molecule has 4 heteroatoms. The van der Waals surface area contributed by atoms with E-state index in [-0.39, 0.29) is 12.0 Å². The number of rotatable bonds is 6. The Morgan fingerprint density at radius 1 is 1.12 bits per heavy atom. The predicted molar refractivity (Wildman–Crippen MR) is 106 cm³/mol. The second kappa shape index (κ2) is 8.09. The van der Waals surface area contributed by atoms with Crippen molar-refractivity contribution in [3.05, 3.63) is 36.4 Å². The van der Waals surface area contributed by atoms with Gasteiger partial charge in [-0.05, 0) is 38.3 Å². The van der Waals surface area contributed by atoms with Crippen molar-refractivity contribution in [2.75, 3.05) is 12.4 Å². The highest BCUT2D eigenvalue weighted by atomic mass is 16.5. The maximum atomic E-state index is 13.0. The number of anilines is 1. The minimum Gasteiger partial charge on any atom is -0.490 e. The molecule has 0 unspecified atom stereocenters. The van der Waals surface area contributed by atoms with Crippen LogP contribution in [0.15, 0.2) is 36.4 Å². The number of benzene rings is 2. The summed E-state index contributed by atoms with van der Waals surface area (Å²) in [5, 5.41) is 5.13. The van der Waals surface area contributed by atoms with E-state index in [2.05, 4.69) is 19.2 Å². The van der Waals surface area contributed by atoms with Gasteiger partial charge < -0.3 is 14.8 Å². The van der Waals surface area contributed by atoms with Crippen LogP contribution in [0, 0.1) is 0 Å². The molecule has 1 aliphatic carbocycles. The number of fused-ring (bicyclic) bond motifs is 1. The average Bonchev–Trinajstić information content (AvgIpc) is 2.70. The fourth-order valence-corrected chi connectivity index (χ4v) is 3.67. The van der Waals surface area contributed by atoms with Crippen LogP contribution in [0.1, 0.15) is 52.4 Å². The first-order valence-corrected chi connectivity index (χ1v) is 9.64. The first-order valence-electron chi connectivity index (χ1n) is 9.64. The number of hydrogen-bond donors (Lipinski definition) is 1. The Bertz CT molecular complexity index is 765. The molecule has 1 N–H and O–H groups in total. The maximum Gasteiger partial charge on any atom is 0.256 e. The lowest BCUT2D eigenvalue weighted by atomic mass is 9.83. The molecule has 26 heavy (non-hydrogen) atoms. The van der Waals surface area contributed by atoms with Crippen molar-refractivity contribution >= 4 is 22.4 Å². The summed E-state index contributed by atoms with van der Waals surface area (Å²) in [6.07, 6.45) is 5.89. The number of nitrogens with one attached hydrogen (secondary N) is 1. The third-order valence-electron chi connectivity index (χ3n) is 5.50. The maximum absolute atomic E-state index is 13.0. The summed E-state index contributed by atoms with van der Waals surface area (Å²) in [5.74, 6) is 0.813. The molecule has 0 aliphatic heterocycles. The summed E-state index contributed by atoms with van der Waals surface area (Å²) < 4.78 is 11.7. The van der Waals surface area contributed by atoms with Gasteiger partial charge in [0.1, 0.15) is 11.4 Å². The van der Waals surface area contributed by atoms with Crippen LogP contribution in [0.25, 0.3) is 10.8 Å². The smallest absolute Gasteiger partial charge is 0.256 e. The molecule has 0 aromatic heterocycles. The van der Waals surface area contributed by atoms with Crippen LogP contribution in [0.2, 0.25) is 0 Å². The zero-order chi connectivity index (χ0) is 18.6. The molecule has 0 heterocycles. The number of hydrogen-bond acceptors (Lipinski definition) is 3. The number of methoxy groups -OCH3 is 1. The fourth-order valence-electron chi connectivity index (χ4n) is 3.67. The number of amides is 1. The second-order valence-electron chi connectivity index (χ2n) is 7.21. The fraction of sp³-hybridized carbons (Fsp3) is 0.500. The second-order valence-corrected chi connectivity index (χ2v) is 7.21. The molecule has 4 nitrogen and oxygen atoms in total. The third kappa shape index (κ3) is 3.70. The van der Waals surface area contributed by atoms with E-state index in [1.807, 2.05) is 36.4 Å². The molecule has 140 valence electrons. The molecule has 1 saturated carbocycles. The normalized spacial score (nSPS) is 17.7. The zero-order valence-electron chi connectivity index (χ0n) is 16.0. The van der Waals surface area contributed by atoms with Gasteiger partial charge in [-0.2, -0.15) is 0 Å². The number of ether oxygens (including phenoxy) is 2. The first kappa shape index (κ1) is 18.7. The Morgan fingerprint density at radius 2 is 1.81 bits per heavy atom. The summed E-state index contributed by atoms with van der Waals surface area (Å²) in [5.41, 5.74) is 0.106. The highest BCUT2D eigenvalue weighted by Crippen LogP contribution is 2.35. The molecule has 2 aromatic rings. The van der Waals surface area contributed by atoms with Crippen molar-refractivity contribution in [3.63, 3.8) is 0 Å². The molecule has 1 atom stereocenters. The Balaban J connectivity index is 1.91. The number of carbonyl (C=O) groups is 1. The quantitative estimate of drug-likeness (QED) is 0.764. The van der Waals surface area contributed by atoms with Crippen LogP contribution in [0.3, 0.4) is 0 Å². The lowest BCUT2D eigenvalue weighted by Crippen LogP contribution is -2.46. The zero-order valence-corrected chi connectivity index (χ0v) is 16.0. The van der Waals surface area contributed by atoms with E-state index in [1.54, 1.807) is 7.11 Å². The van der Waals surface area contributed by atoms with Crippen LogP contribution >= 0.6 is 0 Å². The van der Waals surface area contributed by atoms with Crippen molar-refractivity contribution in [2.24, 2.45) is 0 Å². The molecule has 3 rings (SSSR count). The van der Waals surface area contributed by atoms with Gasteiger partial charge in [-0.25, -0.2) is 0 Å². The molecule has 0 spiro atoms. The Hall–Kier alpha value is -2.07. The van der Waals surface area contributed by atoms with Gasteiger partial charge >= 0.3 is 0 Å². The van der Waals surface area contributed by atoms with Crippen molar-refractivity contribution in [2.45, 2.75) is 64.1 Å². The van der Waals surface area contributed by atoms with E-state index in [9.17, 15) is 4.79 Å². The van der Waals surface area contributed by atoms with E-state index in [1.165, 1.54) is 6.42 Å². The van der Waals surface area contributed by atoms with Gasteiger partial charge in [0.2, 0.25) is 0 Å². The Morgan fingerprint density at radius 3 is 2.46 bits per heavy atom. The van der Waals surface area contributed by atoms with E-state index < -0.39 is 5.60 Å². The predicted octanol–water partition coefficient (Wildman–Crippen LogP) is 5.30. The van der Waals surface area contributed by atoms with Gasteiger partial charge in [-0.15, -0.1) is 0 Å². The molecule has 1 amide bonds. The minimum atomic E-state index is -0.703. The van der Waals surface area contributed by atoms with E-state index in [0.29, 0.717) is 0 Å². The van der Waals surface area contributed by atoms with Gasteiger partial charge in [0.25, 0.3) is 5.91 Å². The molecule has 1 aliphatic rings. The van der Waals surface area contributed by atoms with E-state index >= 15 is 0 Å². The summed E-state index contributed by atoms with van der Waals surface area (Å²) in [6, 6.07) is 11.9. The third-order valence-corrected chi connectivity index (χ3v) is 5.50. The van der Waals surface area contributed by atoms with Gasteiger partial charge in [0, 0.05) is 23.6 Å². The topological polar surface area (TPSA) is 47.6 Å². The largest absolute Gasteiger partial charge is 0.490 e. The molecule has 1 fully saturated rings. The summed E-state index contributed by atoms with van der Waals surface area (Å²) in [7, 11) is 1.64. The lowest BCUT2D eigenvalue weighted by molar-refractivity contribution is -0.141. The molecule has 2 aromatic carbocycles. The average molecular weight is 355 g/mol. The monoisotopic (exact) mass is 355 g/mol. The summed E-state index contributed by atoms with van der Waals surface area (Å²) in [6.45, 7) is 4.17. The lowest BCUT2D eigenvalue weighted by Gasteiger charge is -2.34. The number of carbonyl (C=O) groups excluding carboxylic acids is 1.